The zero-order chi connectivity index (χ0) is 23.2. The van der Waals surface area contributed by atoms with Gasteiger partial charge in [-0.15, -0.1) is 0 Å². The minimum atomic E-state index is -0.233. The molecule has 2 fully saturated rings. The molecule has 0 N–H and O–H groups in total. The normalized spacial score (nSPS) is 19.4. The monoisotopic (exact) mass is 453 g/mol. The highest BCUT2D eigenvalue weighted by Crippen LogP contribution is 2.21. The molecule has 2 saturated heterocycles. The number of piperidine rings is 1. The van der Waals surface area contributed by atoms with Gasteiger partial charge in [0.25, 0.3) is 5.91 Å². The summed E-state index contributed by atoms with van der Waals surface area (Å²) >= 11 is 0. The molecule has 0 unspecified atom stereocenters. The first-order valence-electron chi connectivity index (χ1n) is 11.8. The van der Waals surface area contributed by atoms with Crippen LogP contribution in [0.2, 0.25) is 0 Å². The summed E-state index contributed by atoms with van der Waals surface area (Å²) in [6.07, 6.45) is 1.58. The van der Waals surface area contributed by atoms with E-state index in [0.29, 0.717) is 25.3 Å². The molecule has 33 heavy (non-hydrogen) atoms. The van der Waals surface area contributed by atoms with Crippen molar-refractivity contribution in [1.82, 2.24) is 9.80 Å². The Morgan fingerprint density at radius 1 is 1.03 bits per heavy atom. The zero-order valence-corrected chi connectivity index (χ0v) is 19.2. The molecule has 1 atom stereocenters. The van der Waals surface area contributed by atoms with E-state index < -0.39 is 0 Å². The maximum absolute atomic E-state index is 13.2. The molecule has 4 rings (SSSR count). The molecule has 0 radical (unpaired) electrons. The Morgan fingerprint density at radius 2 is 1.79 bits per heavy atom. The van der Waals surface area contributed by atoms with Crippen LogP contribution in [0.5, 0.6) is 0 Å². The number of halogens is 1. The third-order valence-corrected chi connectivity index (χ3v) is 6.47. The van der Waals surface area contributed by atoms with Crippen LogP contribution in [0, 0.1) is 11.7 Å². The van der Waals surface area contributed by atoms with Gasteiger partial charge in [-0.2, -0.15) is 0 Å². The Morgan fingerprint density at radius 3 is 2.52 bits per heavy atom. The van der Waals surface area contributed by atoms with Crippen LogP contribution < -0.4 is 4.90 Å². The lowest BCUT2D eigenvalue weighted by atomic mass is 9.97. The van der Waals surface area contributed by atoms with Crippen molar-refractivity contribution in [3.8, 4) is 0 Å². The van der Waals surface area contributed by atoms with Crippen LogP contribution in [0.1, 0.15) is 35.7 Å². The van der Waals surface area contributed by atoms with E-state index in [-0.39, 0.29) is 23.6 Å². The lowest BCUT2D eigenvalue weighted by Crippen LogP contribution is -2.46. The van der Waals surface area contributed by atoms with Gasteiger partial charge in [0.15, 0.2) is 0 Å². The number of esters is 1. The number of hydrogen-bond acceptors (Lipinski definition) is 5. The Hall–Kier alpha value is -2.93. The third-order valence-electron chi connectivity index (χ3n) is 6.47. The number of anilines is 1. The molecule has 0 saturated carbocycles. The molecule has 2 aliphatic heterocycles. The van der Waals surface area contributed by atoms with E-state index in [1.165, 1.54) is 12.1 Å². The minimum Gasteiger partial charge on any atom is -0.466 e. The highest BCUT2D eigenvalue weighted by molar-refractivity contribution is 5.94. The molecule has 2 heterocycles. The Labute approximate surface area is 194 Å². The van der Waals surface area contributed by atoms with Crippen molar-refractivity contribution in [3.63, 3.8) is 0 Å². The molecule has 7 heteroatoms. The van der Waals surface area contributed by atoms with Crippen molar-refractivity contribution in [2.75, 3.05) is 50.8 Å². The number of hydrogen-bond donors (Lipinski definition) is 0. The second-order valence-corrected chi connectivity index (χ2v) is 8.78. The second kappa shape index (κ2) is 10.8. The van der Waals surface area contributed by atoms with E-state index in [4.69, 9.17) is 4.74 Å². The first kappa shape index (κ1) is 23.2. The van der Waals surface area contributed by atoms with Gasteiger partial charge >= 0.3 is 5.97 Å². The Bertz CT molecular complexity index is 958. The number of rotatable bonds is 6. The first-order chi connectivity index (χ1) is 16.0. The fourth-order valence-corrected chi connectivity index (χ4v) is 4.67. The number of amides is 1. The predicted molar refractivity (Wildman–Crippen MR) is 126 cm³/mol. The Balaban J connectivity index is 1.33. The van der Waals surface area contributed by atoms with E-state index in [9.17, 15) is 14.0 Å². The van der Waals surface area contributed by atoms with Gasteiger partial charge in [-0.1, -0.05) is 12.1 Å². The molecule has 1 amide bonds. The summed E-state index contributed by atoms with van der Waals surface area (Å²) < 4.78 is 18.3. The molecule has 0 bridgehead atoms. The van der Waals surface area contributed by atoms with Crippen LogP contribution in [0.3, 0.4) is 0 Å². The van der Waals surface area contributed by atoms with Gasteiger partial charge in [0.1, 0.15) is 5.82 Å². The highest BCUT2D eigenvalue weighted by atomic mass is 19.1. The van der Waals surface area contributed by atoms with Gasteiger partial charge in [0.05, 0.1) is 12.5 Å². The molecule has 0 spiro atoms. The van der Waals surface area contributed by atoms with Crippen LogP contribution >= 0.6 is 0 Å². The average Bonchev–Trinajstić information content (AvgIpc) is 2.85. The van der Waals surface area contributed by atoms with Gasteiger partial charge in [0, 0.05) is 57.1 Å². The smallest absolute Gasteiger partial charge is 0.310 e. The number of carbonyl (C=O) groups is 2. The summed E-state index contributed by atoms with van der Waals surface area (Å²) in [5.74, 6) is -0.675. The summed E-state index contributed by atoms with van der Waals surface area (Å²) in [6.45, 7) is 7.62. The number of piperazine rings is 1. The summed E-state index contributed by atoms with van der Waals surface area (Å²) in [5, 5.41) is 0. The molecule has 2 aromatic rings. The zero-order valence-electron chi connectivity index (χ0n) is 19.2. The maximum atomic E-state index is 13.2. The maximum Gasteiger partial charge on any atom is 0.310 e. The summed E-state index contributed by atoms with van der Waals surface area (Å²) in [5.41, 5.74) is 2.82. The standard InChI is InChI=1S/C26H32FN3O3/c1-2-33-26(32)22-7-4-12-30(19-22)25(31)21-6-3-5-20(17-21)18-28-13-15-29(16-14-28)24-10-8-23(27)9-11-24/h3,5-6,8-11,17,22H,2,4,7,12-16,18-19H2,1H3/t22-/m0/s1. The topological polar surface area (TPSA) is 53.1 Å². The highest BCUT2D eigenvalue weighted by Gasteiger charge is 2.30. The lowest BCUT2D eigenvalue weighted by Gasteiger charge is -2.36. The molecule has 6 nitrogen and oxygen atoms in total. The van der Waals surface area contributed by atoms with E-state index in [2.05, 4.69) is 15.9 Å². The molecule has 2 aliphatic rings. The molecular weight excluding hydrogens is 421 g/mol. The van der Waals surface area contributed by atoms with Crippen molar-refractivity contribution in [2.45, 2.75) is 26.3 Å². The molecule has 0 aliphatic carbocycles. The minimum absolute atomic E-state index is 0.0213. The number of nitrogens with zero attached hydrogens (tertiary/aromatic N) is 3. The summed E-state index contributed by atoms with van der Waals surface area (Å²) in [6, 6.07) is 14.5. The second-order valence-electron chi connectivity index (χ2n) is 8.78. The number of benzene rings is 2. The first-order valence-corrected chi connectivity index (χ1v) is 11.8. The number of carbonyl (C=O) groups excluding carboxylic acids is 2. The van der Waals surface area contributed by atoms with Crippen molar-refractivity contribution in [1.29, 1.82) is 0 Å². The lowest BCUT2D eigenvalue weighted by molar-refractivity contribution is -0.149. The SMILES string of the molecule is CCOC(=O)[C@H]1CCCN(C(=O)c2cccc(CN3CCN(c4ccc(F)cc4)CC3)c2)C1. The van der Waals surface area contributed by atoms with Crippen LogP contribution in [0.4, 0.5) is 10.1 Å². The van der Waals surface area contributed by atoms with Gasteiger partial charge in [-0.25, -0.2) is 4.39 Å². The predicted octanol–water partition coefficient (Wildman–Crippen LogP) is 3.56. The number of likely N-dealkylation sites (tertiary alicyclic amines) is 1. The van der Waals surface area contributed by atoms with Crippen LogP contribution in [0.25, 0.3) is 0 Å². The summed E-state index contributed by atoms with van der Waals surface area (Å²) in [4.78, 5) is 31.7. The van der Waals surface area contributed by atoms with Gasteiger partial charge in [0.2, 0.25) is 0 Å². The number of ether oxygens (including phenoxy) is 1. The molecule has 176 valence electrons. The largest absolute Gasteiger partial charge is 0.466 e. The van der Waals surface area contributed by atoms with Crippen molar-refractivity contribution in [3.05, 3.63) is 65.5 Å². The third kappa shape index (κ3) is 5.90. The van der Waals surface area contributed by atoms with E-state index >= 15 is 0 Å². The molecule has 2 aromatic carbocycles. The van der Waals surface area contributed by atoms with Gasteiger partial charge < -0.3 is 14.5 Å². The van der Waals surface area contributed by atoms with E-state index in [1.807, 2.05) is 30.3 Å². The molecule has 0 aromatic heterocycles. The fourth-order valence-electron chi connectivity index (χ4n) is 4.67. The van der Waals surface area contributed by atoms with E-state index in [0.717, 1.165) is 56.8 Å². The van der Waals surface area contributed by atoms with E-state index in [1.54, 1.807) is 11.8 Å². The Kier molecular flexibility index (Phi) is 7.60. The fraction of sp³-hybridized carbons (Fsp3) is 0.462. The van der Waals surface area contributed by atoms with Crippen LogP contribution in [-0.2, 0) is 16.1 Å². The van der Waals surface area contributed by atoms with Crippen molar-refractivity contribution < 1.29 is 18.7 Å². The summed E-state index contributed by atoms with van der Waals surface area (Å²) in [7, 11) is 0. The average molecular weight is 454 g/mol. The van der Waals surface area contributed by atoms with Crippen LogP contribution in [0.15, 0.2) is 48.5 Å². The van der Waals surface area contributed by atoms with Gasteiger partial charge in [-0.05, 0) is 61.7 Å². The molecular formula is C26H32FN3O3. The van der Waals surface area contributed by atoms with Crippen molar-refractivity contribution in [2.24, 2.45) is 5.92 Å². The van der Waals surface area contributed by atoms with Crippen molar-refractivity contribution >= 4 is 17.6 Å². The van der Waals surface area contributed by atoms with Gasteiger partial charge in [-0.3, -0.25) is 14.5 Å². The van der Waals surface area contributed by atoms with Crippen LogP contribution in [-0.4, -0.2) is 67.6 Å². The quantitative estimate of drug-likeness (QED) is 0.626.